The number of nitrogens with zero attached hydrogens (tertiary/aromatic N) is 4. The van der Waals surface area contributed by atoms with Gasteiger partial charge >= 0.3 is 0 Å². The number of hydrogen-bond acceptors (Lipinski definition) is 5. The van der Waals surface area contributed by atoms with Gasteiger partial charge in [0.2, 0.25) is 5.95 Å². The van der Waals surface area contributed by atoms with Crippen molar-refractivity contribution in [1.29, 1.82) is 0 Å². The molecule has 1 N–H and O–H groups in total. The van der Waals surface area contributed by atoms with Gasteiger partial charge in [0.1, 0.15) is 0 Å². The summed E-state index contributed by atoms with van der Waals surface area (Å²) < 4.78 is 0. The van der Waals surface area contributed by atoms with Crippen molar-refractivity contribution in [2.24, 2.45) is 0 Å². The molecule has 0 aliphatic carbocycles. The lowest BCUT2D eigenvalue weighted by atomic mass is 10.0. The Balaban J connectivity index is 1.66. The van der Waals surface area contributed by atoms with Crippen LogP contribution in [0.2, 0.25) is 0 Å². The lowest BCUT2D eigenvalue weighted by Crippen LogP contribution is -2.42. The van der Waals surface area contributed by atoms with E-state index in [1.54, 1.807) is 0 Å². The zero-order chi connectivity index (χ0) is 17.8. The summed E-state index contributed by atoms with van der Waals surface area (Å²) in [6.45, 7) is 6.81. The van der Waals surface area contributed by atoms with E-state index in [9.17, 15) is 0 Å². The minimum absolute atomic E-state index is 0.460. The zero-order valence-corrected chi connectivity index (χ0v) is 15.7. The monoisotopic (exact) mass is 339 g/mol. The van der Waals surface area contributed by atoms with Crippen LogP contribution in [-0.2, 0) is 0 Å². The quantitative estimate of drug-likeness (QED) is 0.903. The molecule has 1 aliphatic rings. The van der Waals surface area contributed by atoms with Crippen LogP contribution in [-0.4, -0.2) is 54.1 Å². The summed E-state index contributed by atoms with van der Waals surface area (Å²) >= 11 is 0. The van der Waals surface area contributed by atoms with E-state index in [-0.39, 0.29) is 0 Å². The van der Waals surface area contributed by atoms with Crippen molar-refractivity contribution < 1.29 is 0 Å². The van der Waals surface area contributed by atoms with Crippen molar-refractivity contribution in [2.75, 3.05) is 37.4 Å². The lowest BCUT2D eigenvalue weighted by molar-refractivity contribution is 0.177. The number of anilines is 2. The Morgan fingerprint density at radius 1 is 1.08 bits per heavy atom. The fraction of sp³-hybridized carbons (Fsp3) is 0.500. The lowest BCUT2D eigenvalue weighted by Gasteiger charge is -2.34. The molecular weight excluding hydrogens is 310 g/mol. The molecule has 3 rings (SSSR count). The van der Waals surface area contributed by atoms with E-state index in [1.807, 2.05) is 26.4 Å². The van der Waals surface area contributed by atoms with Crippen LogP contribution in [0.4, 0.5) is 11.6 Å². The van der Waals surface area contributed by atoms with Gasteiger partial charge in [-0.2, -0.15) is 0 Å². The maximum absolute atomic E-state index is 4.72. The van der Waals surface area contributed by atoms with E-state index < -0.39 is 0 Å². The Morgan fingerprint density at radius 3 is 2.36 bits per heavy atom. The standard InChI is InChI=1S/C20H29N5/c1-15(2)25-13-10-17(11-14-25)22-20-21-12-9-19(23-20)16-5-7-18(8-6-16)24(3)4/h5-9,12,15,17H,10-11,13-14H2,1-4H3,(H,21,22,23). The predicted molar refractivity (Wildman–Crippen MR) is 105 cm³/mol. The summed E-state index contributed by atoms with van der Waals surface area (Å²) in [5.74, 6) is 0.734. The number of hydrogen-bond donors (Lipinski definition) is 1. The zero-order valence-electron chi connectivity index (χ0n) is 15.7. The summed E-state index contributed by atoms with van der Waals surface area (Å²) in [5.41, 5.74) is 3.26. The first-order valence-corrected chi connectivity index (χ1v) is 9.14. The van der Waals surface area contributed by atoms with Crippen LogP contribution in [0.5, 0.6) is 0 Å². The van der Waals surface area contributed by atoms with Crippen molar-refractivity contribution in [1.82, 2.24) is 14.9 Å². The van der Waals surface area contributed by atoms with Crippen LogP contribution in [0.3, 0.4) is 0 Å². The third-order valence-electron chi connectivity index (χ3n) is 4.93. The fourth-order valence-corrected chi connectivity index (χ4v) is 3.26. The number of nitrogens with one attached hydrogen (secondary N) is 1. The fourth-order valence-electron chi connectivity index (χ4n) is 3.26. The van der Waals surface area contributed by atoms with Gasteiger partial charge < -0.3 is 15.1 Å². The third kappa shape index (κ3) is 4.48. The maximum atomic E-state index is 4.72. The summed E-state index contributed by atoms with van der Waals surface area (Å²) in [7, 11) is 4.10. The Kier molecular flexibility index (Phi) is 5.53. The van der Waals surface area contributed by atoms with Crippen LogP contribution in [0, 0.1) is 0 Å². The number of rotatable bonds is 5. The van der Waals surface area contributed by atoms with Gasteiger partial charge in [0.15, 0.2) is 0 Å². The summed E-state index contributed by atoms with van der Waals surface area (Å²) in [6.07, 6.45) is 4.13. The Morgan fingerprint density at radius 2 is 1.76 bits per heavy atom. The number of piperidine rings is 1. The van der Waals surface area contributed by atoms with Crippen LogP contribution in [0.1, 0.15) is 26.7 Å². The Hall–Kier alpha value is -2.14. The number of aromatic nitrogens is 2. The topological polar surface area (TPSA) is 44.3 Å². The molecule has 1 aliphatic heterocycles. The van der Waals surface area contributed by atoms with Crippen molar-refractivity contribution in [3.63, 3.8) is 0 Å². The van der Waals surface area contributed by atoms with Crippen molar-refractivity contribution in [2.45, 2.75) is 38.8 Å². The van der Waals surface area contributed by atoms with Gasteiger partial charge in [0, 0.05) is 56.7 Å². The van der Waals surface area contributed by atoms with Gasteiger partial charge in [-0.3, -0.25) is 0 Å². The van der Waals surface area contributed by atoms with Gasteiger partial charge in [-0.05, 0) is 44.9 Å². The van der Waals surface area contributed by atoms with Gasteiger partial charge in [0.25, 0.3) is 0 Å². The minimum Gasteiger partial charge on any atom is -0.378 e. The molecule has 0 radical (unpaired) electrons. The van der Waals surface area contributed by atoms with E-state index in [2.05, 4.69) is 58.2 Å². The van der Waals surface area contributed by atoms with Gasteiger partial charge in [-0.25, -0.2) is 9.97 Å². The molecule has 0 saturated carbocycles. The average Bonchev–Trinajstić information content (AvgIpc) is 2.62. The number of likely N-dealkylation sites (tertiary alicyclic amines) is 1. The van der Waals surface area contributed by atoms with Crippen LogP contribution >= 0.6 is 0 Å². The van der Waals surface area contributed by atoms with E-state index in [0.29, 0.717) is 12.1 Å². The second kappa shape index (κ2) is 7.83. The highest BCUT2D eigenvalue weighted by Gasteiger charge is 2.21. The summed E-state index contributed by atoms with van der Waals surface area (Å²) in [4.78, 5) is 13.8. The van der Waals surface area contributed by atoms with Crippen LogP contribution < -0.4 is 10.2 Å². The molecule has 2 aromatic rings. The first-order valence-electron chi connectivity index (χ1n) is 9.14. The average molecular weight is 339 g/mol. The van der Waals surface area contributed by atoms with E-state index in [1.165, 1.54) is 5.69 Å². The van der Waals surface area contributed by atoms with Crippen LogP contribution in [0.25, 0.3) is 11.3 Å². The van der Waals surface area contributed by atoms with Gasteiger partial charge in [-0.15, -0.1) is 0 Å². The van der Waals surface area contributed by atoms with Crippen LogP contribution in [0.15, 0.2) is 36.5 Å². The Bertz CT molecular complexity index is 673. The summed E-state index contributed by atoms with van der Waals surface area (Å²) in [5, 5.41) is 3.52. The predicted octanol–water partition coefficient (Wildman–Crippen LogP) is 3.49. The van der Waals surface area contributed by atoms with Crippen molar-refractivity contribution in [3.8, 4) is 11.3 Å². The normalized spacial score (nSPS) is 16.2. The molecule has 0 bridgehead atoms. The highest BCUT2D eigenvalue weighted by Crippen LogP contribution is 2.22. The molecule has 1 fully saturated rings. The summed E-state index contributed by atoms with van der Waals surface area (Å²) in [6, 6.07) is 11.5. The molecule has 1 aromatic heterocycles. The molecular formula is C20H29N5. The first kappa shape index (κ1) is 17.7. The first-order chi connectivity index (χ1) is 12.0. The van der Waals surface area contributed by atoms with Crippen molar-refractivity contribution in [3.05, 3.63) is 36.5 Å². The molecule has 0 spiro atoms. The van der Waals surface area contributed by atoms with Gasteiger partial charge in [-0.1, -0.05) is 12.1 Å². The maximum Gasteiger partial charge on any atom is 0.223 e. The second-order valence-electron chi connectivity index (χ2n) is 7.26. The van der Waals surface area contributed by atoms with Gasteiger partial charge in [0.05, 0.1) is 5.69 Å². The SMILES string of the molecule is CC(C)N1CCC(Nc2nccc(-c3ccc(N(C)C)cc3)n2)CC1. The Labute approximate surface area is 151 Å². The van der Waals surface area contributed by atoms with E-state index in [4.69, 9.17) is 4.98 Å². The molecule has 5 heteroatoms. The molecule has 5 nitrogen and oxygen atoms in total. The smallest absolute Gasteiger partial charge is 0.223 e. The molecule has 0 atom stereocenters. The molecule has 0 unspecified atom stereocenters. The number of benzene rings is 1. The minimum atomic E-state index is 0.460. The second-order valence-corrected chi connectivity index (χ2v) is 7.26. The molecule has 25 heavy (non-hydrogen) atoms. The molecule has 1 saturated heterocycles. The molecule has 134 valence electrons. The highest BCUT2D eigenvalue weighted by molar-refractivity contribution is 5.63. The highest BCUT2D eigenvalue weighted by atomic mass is 15.2. The third-order valence-corrected chi connectivity index (χ3v) is 4.93. The molecule has 2 heterocycles. The van der Waals surface area contributed by atoms with Crippen molar-refractivity contribution >= 4 is 11.6 Å². The van der Waals surface area contributed by atoms with E-state index >= 15 is 0 Å². The largest absolute Gasteiger partial charge is 0.378 e. The molecule has 1 aromatic carbocycles. The molecule has 0 amide bonds. The van der Waals surface area contributed by atoms with E-state index in [0.717, 1.165) is 43.1 Å².